The molecule has 0 fully saturated rings. The summed E-state index contributed by atoms with van der Waals surface area (Å²) >= 11 is 0. The lowest BCUT2D eigenvalue weighted by Crippen LogP contribution is -2.27. The summed E-state index contributed by atoms with van der Waals surface area (Å²) < 4.78 is 31.0. The van der Waals surface area contributed by atoms with Crippen molar-refractivity contribution in [2.75, 3.05) is 5.75 Å². The van der Waals surface area contributed by atoms with E-state index in [1.807, 2.05) is 30.3 Å². The molecule has 4 nitrogen and oxygen atoms in total. The van der Waals surface area contributed by atoms with Crippen LogP contribution in [0.1, 0.15) is 25.6 Å². The van der Waals surface area contributed by atoms with Crippen LogP contribution in [0.5, 0.6) is 0 Å². The third-order valence-corrected chi connectivity index (χ3v) is 4.08. The molecule has 1 aromatic heterocycles. The Morgan fingerprint density at radius 1 is 1.35 bits per heavy atom. The lowest BCUT2D eigenvalue weighted by Gasteiger charge is -2.10. The van der Waals surface area contributed by atoms with Gasteiger partial charge in [-0.1, -0.05) is 18.2 Å². The number of hydrogen-bond acceptors (Lipinski definition) is 3. The molecular formula is C12H15NO3S. The summed E-state index contributed by atoms with van der Waals surface area (Å²) in [6.07, 6.45) is 0. The van der Waals surface area contributed by atoms with Crippen molar-refractivity contribution in [2.45, 2.75) is 19.9 Å². The second-order valence-electron chi connectivity index (χ2n) is 3.93. The van der Waals surface area contributed by atoms with Crippen molar-refractivity contribution in [1.29, 1.82) is 0 Å². The van der Waals surface area contributed by atoms with E-state index in [0.29, 0.717) is 5.76 Å². The Hall–Kier alpha value is -1.33. The predicted molar refractivity (Wildman–Crippen MR) is 67.2 cm³/mol. The molecule has 0 aliphatic rings. The fourth-order valence-corrected chi connectivity index (χ4v) is 2.45. The summed E-state index contributed by atoms with van der Waals surface area (Å²) in [6, 6.07) is 9.10. The molecule has 0 spiro atoms. The van der Waals surface area contributed by atoms with Gasteiger partial charge < -0.3 is 4.42 Å². The third-order valence-electron chi connectivity index (χ3n) is 2.61. The number of sulfonamides is 1. The molecular weight excluding hydrogens is 238 g/mol. The van der Waals surface area contributed by atoms with E-state index in [1.54, 1.807) is 13.8 Å². The highest BCUT2D eigenvalue weighted by atomic mass is 32.2. The number of para-hydroxylation sites is 1. The SMILES string of the molecule is CCS(=O)(=O)N[C@H](C)c1cc2ccccc2o1. The Balaban J connectivity index is 2.28. The van der Waals surface area contributed by atoms with E-state index >= 15 is 0 Å². The van der Waals surface area contributed by atoms with E-state index in [-0.39, 0.29) is 11.8 Å². The summed E-state index contributed by atoms with van der Waals surface area (Å²) in [6.45, 7) is 3.37. The van der Waals surface area contributed by atoms with Crippen LogP contribution in [0.4, 0.5) is 0 Å². The lowest BCUT2D eigenvalue weighted by molar-refractivity contribution is 0.485. The van der Waals surface area contributed by atoms with Crippen LogP contribution in [0.25, 0.3) is 11.0 Å². The zero-order valence-electron chi connectivity index (χ0n) is 9.80. The minimum Gasteiger partial charge on any atom is -0.459 e. The largest absolute Gasteiger partial charge is 0.459 e. The molecule has 0 radical (unpaired) electrons. The van der Waals surface area contributed by atoms with Crippen LogP contribution in [-0.2, 0) is 10.0 Å². The molecule has 0 saturated heterocycles. The first-order chi connectivity index (χ1) is 8.02. The molecule has 0 unspecified atom stereocenters. The molecule has 0 aliphatic carbocycles. The molecule has 0 bridgehead atoms. The van der Waals surface area contributed by atoms with Gasteiger partial charge in [-0.15, -0.1) is 0 Å². The predicted octanol–water partition coefficient (Wildman–Crippen LogP) is 2.43. The topological polar surface area (TPSA) is 59.3 Å². The van der Waals surface area contributed by atoms with Gasteiger partial charge in [-0.2, -0.15) is 0 Å². The molecule has 1 aromatic carbocycles. The van der Waals surface area contributed by atoms with E-state index in [9.17, 15) is 8.42 Å². The van der Waals surface area contributed by atoms with E-state index in [0.717, 1.165) is 11.0 Å². The minimum atomic E-state index is -3.21. The van der Waals surface area contributed by atoms with Crippen LogP contribution < -0.4 is 4.72 Å². The van der Waals surface area contributed by atoms with E-state index in [4.69, 9.17) is 4.42 Å². The Morgan fingerprint density at radius 2 is 2.06 bits per heavy atom. The molecule has 1 heterocycles. The summed E-state index contributed by atoms with van der Waals surface area (Å²) in [4.78, 5) is 0. The molecule has 0 amide bonds. The fourth-order valence-electron chi connectivity index (χ4n) is 1.63. The Bertz CT molecular complexity index is 582. The number of hydrogen-bond donors (Lipinski definition) is 1. The fraction of sp³-hybridized carbons (Fsp3) is 0.333. The number of benzene rings is 1. The van der Waals surface area contributed by atoms with Gasteiger partial charge in [-0.05, 0) is 26.0 Å². The third kappa shape index (κ3) is 2.68. The van der Waals surface area contributed by atoms with Crippen LogP contribution in [0, 0.1) is 0 Å². The number of fused-ring (bicyclic) bond motifs is 1. The molecule has 2 aromatic rings. The van der Waals surface area contributed by atoms with Gasteiger partial charge >= 0.3 is 0 Å². The molecule has 0 saturated carbocycles. The molecule has 1 N–H and O–H groups in total. The lowest BCUT2D eigenvalue weighted by atomic mass is 10.2. The maximum atomic E-state index is 11.4. The van der Waals surface area contributed by atoms with Crippen LogP contribution >= 0.6 is 0 Å². The van der Waals surface area contributed by atoms with Gasteiger partial charge in [0.05, 0.1) is 11.8 Å². The van der Waals surface area contributed by atoms with E-state index in [1.165, 1.54) is 0 Å². The first-order valence-electron chi connectivity index (χ1n) is 5.50. The number of furan rings is 1. The van der Waals surface area contributed by atoms with E-state index in [2.05, 4.69) is 4.72 Å². The summed E-state index contributed by atoms with van der Waals surface area (Å²) in [5.74, 6) is 0.695. The smallest absolute Gasteiger partial charge is 0.211 e. The van der Waals surface area contributed by atoms with Crippen LogP contribution in [-0.4, -0.2) is 14.2 Å². The second-order valence-corrected chi connectivity index (χ2v) is 5.97. The van der Waals surface area contributed by atoms with Crippen LogP contribution in [0.3, 0.4) is 0 Å². The monoisotopic (exact) mass is 253 g/mol. The summed E-state index contributed by atoms with van der Waals surface area (Å²) in [7, 11) is -3.21. The molecule has 17 heavy (non-hydrogen) atoms. The summed E-state index contributed by atoms with van der Waals surface area (Å²) in [5.41, 5.74) is 0.769. The maximum absolute atomic E-state index is 11.4. The molecule has 0 aliphatic heterocycles. The number of rotatable bonds is 4. The average Bonchev–Trinajstić information content (AvgIpc) is 2.72. The zero-order chi connectivity index (χ0) is 12.5. The summed E-state index contributed by atoms with van der Waals surface area (Å²) in [5, 5.41) is 0.977. The van der Waals surface area contributed by atoms with Crippen molar-refractivity contribution in [3.63, 3.8) is 0 Å². The standard InChI is InChI=1S/C12H15NO3S/c1-3-17(14,15)13-9(2)12-8-10-6-4-5-7-11(10)16-12/h4-9,13H,3H2,1-2H3/t9-/m1/s1. The molecule has 1 atom stereocenters. The highest BCUT2D eigenvalue weighted by molar-refractivity contribution is 7.89. The first-order valence-corrected chi connectivity index (χ1v) is 7.15. The maximum Gasteiger partial charge on any atom is 0.211 e. The van der Waals surface area contributed by atoms with Crippen LogP contribution in [0.15, 0.2) is 34.7 Å². The molecule has 2 rings (SSSR count). The van der Waals surface area contributed by atoms with Gasteiger partial charge in [0.25, 0.3) is 0 Å². The van der Waals surface area contributed by atoms with Gasteiger partial charge in [0.15, 0.2) is 0 Å². The highest BCUT2D eigenvalue weighted by Gasteiger charge is 2.16. The van der Waals surface area contributed by atoms with Gasteiger partial charge in [0, 0.05) is 5.39 Å². The highest BCUT2D eigenvalue weighted by Crippen LogP contribution is 2.23. The van der Waals surface area contributed by atoms with Crippen LogP contribution in [0.2, 0.25) is 0 Å². The minimum absolute atomic E-state index is 0.0670. The molecule has 5 heteroatoms. The van der Waals surface area contributed by atoms with Crippen molar-refractivity contribution >= 4 is 21.0 Å². The quantitative estimate of drug-likeness (QED) is 0.910. The van der Waals surface area contributed by atoms with Crippen molar-refractivity contribution in [1.82, 2.24) is 4.72 Å². The Morgan fingerprint density at radius 3 is 2.71 bits per heavy atom. The van der Waals surface area contributed by atoms with Crippen molar-refractivity contribution < 1.29 is 12.8 Å². The second kappa shape index (κ2) is 4.50. The van der Waals surface area contributed by atoms with Gasteiger partial charge in [0.2, 0.25) is 10.0 Å². The van der Waals surface area contributed by atoms with Crippen molar-refractivity contribution in [3.05, 3.63) is 36.1 Å². The zero-order valence-corrected chi connectivity index (χ0v) is 10.6. The normalized spacial score (nSPS) is 14.0. The van der Waals surface area contributed by atoms with Crippen molar-refractivity contribution in [3.8, 4) is 0 Å². The van der Waals surface area contributed by atoms with Gasteiger partial charge in [0.1, 0.15) is 11.3 Å². The Kier molecular flexibility index (Phi) is 3.22. The molecule has 92 valence electrons. The van der Waals surface area contributed by atoms with Crippen molar-refractivity contribution in [2.24, 2.45) is 0 Å². The van der Waals surface area contributed by atoms with E-state index < -0.39 is 10.0 Å². The first kappa shape index (κ1) is 12.1. The Labute approximate surface area is 101 Å². The average molecular weight is 253 g/mol. The van der Waals surface area contributed by atoms with Gasteiger partial charge in [-0.3, -0.25) is 0 Å². The number of nitrogens with one attached hydrogen (secondary N) is 1. The van der Waals surface area contributed by atoms with Gasteiger partial charge in [-0.25, -0.2) is 13.1 Å².